The van der Waals surface area contributed by atoms with Crippen LogP contribution in [0.2, 0.25) is 0 Å². The summed E-state index contributed by atoms with van der Waals surface area (Å²) >= 11 is 0. The number of aromatic nitrogens is 12. The van der Waals surface area contributed by atoms with E-state index in [4.69, 9.17) is 95.9 Å². The van der Waals surface area contributed by atoms with Crippen molar-refractivity contribution in [1.29, 1.82) is 0 Å². The Balaban J connectivity index is 0.00000201. The number of carbonyl (C=O) groups is 5. The minimum atomic E-state index is -1.47. The molecule has 786 valence electrons. The van der Waals surface area contributed by atoms with E-state index in [9.17, 15) is 90.4 Å². The number of carboxylic acids is 1. The Hall–Kier alpha value is -8.06. The summed E-state index contributed by atoms with van der Waals surface area (Å²) in [5.41, 5.74) is 10.1. The van der Waals surface area contributed by atoms with E-state index in [1.165, 1.54) is 27.7 Å². The van der Waals surface area contributed by atoms with Gasteiger partial charge in [-0.1, -0.05) is 38.8 Å². The van der Waals surface area contributed by atoms with Gasteiger partial charge in [0, 0.05) is 77.0 Å². The zero-order valence-corrected chi connectivity index (χ0v) is 78.0. The van der Waals surface area contributed by atoms with Crippen LogP contribution in [-0.2, 0) is 161 Å². The van der Waals surface area contributed by atoms with E-state index in [0.717, 1.165) is 0 Å². The molecule has 21 unspecified atom stereocenters. The van der Waals surface area contributed by atoms with E-state index in [-0.39, 0.29) is 177 Å². The van der Waals surface area contributed by atoms with Gasteiger partial charge in [0.1, 0.15) is 103 Å². The number of aliphatic hydroxyl groups is 13. The summed E-state index contributed by atoms with van der Waals surface area (Å²) in [5, 5.41) is 190. The van der Waals surface area contributed by atoms with Crippen LogP contribution < -0.4 is 21.3 Å². The molecule has 4 amide bonds. The second-order valence-electron chi connectivity index (χ2n) is 32.2. The first-order valence-electron chi connectivity index (χ1n) is 45.7. The highest BCUT2D eigenvalue weighted by molar-refractivity contribution is 5.75. The molecule has 0 aliphatic carbocycles. The van der Waals surface area contributed by atoms with Gasteiger partial charge >= 0.3 is 5.97 Å². The molecule has 57 nitrogen and oxygen atoms in total. The van der Waals surface area contributed by atoms with Crippen LogP contribution >= 0.6 is 0 Å². The molecule has 4 fully saturated rings. The molecule has 21 atom stereocenters. The van der Waals surface area contributed by atoms with Crippen molar-refractivity contribution in [3.05, 3.63) is 58.0 Å². The van der Waals surface area contributed by atoms with Gasteiger partial charge in [-0.05, 0) is 37.1 Å². The molecule has 0 aromatic carbocycles. The summed E-state index contributed by atoms with van der Waals surface area (Å²) in [4.78, 5) is 65.2. The standard InChI is InChI=1S/C75H127N17O34.C6H13N3O3/c1-45(97)76-59-67(105)63(101)55(41-93)123-72(59)119-29-25-115-21-17-111-13-9-89-37-50(80-84-89)33-49(34-51-38-90(85-81-51)10-14-112-18-22-116-26-30-120-73-60(77-46(2)98)68(106)64(102)56(42-94)124-73)7-5-6-8-54(71(109)110)88(35-52-39-91(86-82-52)11-15-113-19-23-117-27-31-121-74-61(78-47(3)99)69(107)65(103)57(43-95)125-74)36-53-40-92(87-83-53)12-16-114-20-24-118-28-32-122-75-62(79-48(4)100)70(108)66(104)58(44-96)126-75;7-9-8-1-3-11-5-6-12-4-2-10/h37-40,49,54-70,72-75,93-96,101-108H,5-36,41-44H2,1-4H3,(H,76,97)(H,77,98)(H,78,99)(H,79,100)(H,109,110);10H,1-6H2. The van der Waals surface area contributed by atoms with E-state index >= 15 is 0 Å². The number of nitrogens with zero attached hydrogens (tertiary/aromatic N) is 16. The van der Waals surface area contributed by atoms with E-state index in [1.807, 2.05) is 12.4 Å². The summed E-state index contributed by atoms with van der Waals surface area (Å²) in [5.74, 6) is -3.14. The molecule has 4 saturated heterocycles. The summed E-state index contributed by atoms with van der Waals surface area (Å²) in [6.07, 6.45) is -11.2. The maximum Gasteiger partial charge on any atom is 0.320 e. The highest BCUT2D eigenvalue weighted by atomic mass is 16.7. The highest BCUT2D eigenvalue weighted by Gasteiger charge is 2.49. The van der Waals surface area contributed by atoms with Crippen molar-refractivity contribution in [2.75, 3.05) is 198 Å². The lowest BCUT2D eigenvalue weighted by Gasteiger charge is -2.42. The zero-order chi connectivity index (χ0) is 99.9. The van der Waals surface area contributed by atoms with Crippen LogP contribution in [0.3, 0.4) is 0 Å². The van der Waals surface area contributed by atoms with Crippen LogP contribution in [0.15, 0.2) is 29.9 Å². The lowest BCUT2D eigenvalue weighted by atomic mass is 9.91. The largest absolute Gasteiger partial charge is 0.480 e. The average molecular weight is 1990 g/mol. The quantitative estimate of drug-likeness (QED) is 0.00845. The van der Waals surface area contributed by atoms with Gasteiger partial charge in [-0.3, -0.25) is 28.9 Å². The van der Waals surface area contributed by atoms with E-state index < -0.39 is 185 Å². The monoisotopic (exact) mass is 1980 g/mol. The third-order valence-electron chi connectivity index (χ3n) is 21.5. The summed E-state index contributed by atoms with van der Waals surface area (Å²) < 4.78 is 107. The van der Waals surface area contributed by atoms with Gasteiger partial charge in [0.25, 0.3) is 0 Å². The minimum Gasteiger partial charge on any atom is -0.480 e. The van der Waals surface area contributed by atoms with Crippen molar-refractivity contribution in [2.24, 2.45) is 11.0 Å². The molecule has 57 heteroatoms. The Labute approximate surface area is 794 Å². The van der Waals surface area contributed by atoms with Crippen molar-refractivity contribution >= 4 is 29.6 Å². The van der Waals surface area contributed by atoms with Crippen LogP contribution in [0, 0.1) is 5.92 Å². The van der Waals surface area contributed by atoms with E-state index in [1.54, 1.807) is 36.0 Å². The molecular weight excluding hydrogens is 1840 g/mol. The third kappa shape index (κ3) is 42.6. The molecule has 18 N–H and O–H groups in total. The Morgan fingerprint density at radius 2 is 0.645 bits per heavy atom. The van der Waals surface area contributed by atoms with Gasteiger partial charge in [-0.2, -0.15) is 0 Å². The van der Waals surface area contributed by atoms with Gasteiger partial charge in [-0.25, -0.2) is 18.7 Å². The number of aliphatic carboxylic acids is 1. The minimum absolute atomic E-state index is 0.0116. The van der Waals surface area contributed by atoms with Crippen LogP contribution in [0.25, 0.3) is 10.4 Å². The molecule has 0 bridgehead atoms. The second-order valence-corrected chi connectivity index (χ2v) is 32.2. The molecule has 0 spiro atoms. The third-order valence-corrected chi connectivity index (χ3v) is 21.5. The van der Waals surface area contributed by atoms with Gasteiger partial charge in [0.2, 0.25) is 23.6 Å². The van der Waals surface area contributed by atoms with Crippen LogP contribution in [0.1, 0.15) is 76.2 Å². The van der Waals surface area contributed by atoms with Gasteiger partial charge < -0.3 is 178 Å². The molecule has 0 radical (unpaired) electrons. The van der Waals surface area contributed by atoms with Crippen molar-refractivity contribution in [3.63, 3.8) is 0 Å². The van der Waals surface area contributed by atoms with Crippen LogP contribution in [-0.4, -0.2) is 493 Å². The molecular formula is C81H140N20O37. The lowest BCUT2D eigenvalue weighted by molar-refractivity contribution is -0.272. The maximum absolute atomic E-state index is 13.6. The Kier molecular flexibility index (Phi) is 56.5. The number of rotatable bonds is 71. The first-order chi connectivity index (χ1) is 66.7. The first-order valence-corrected chi connectivity index (χ1v) is 45.7. The number of ether oxygens (including phenoxy) is 18. The fraction of sp³-hybridized carbons (Fsp3) is 0.840. The maximum atomic E-state index is 13.6. The number of hydrogen-bond acceptors (Lipinski definition) is 46. The predicted octanol–water partition coefficient (Wildman–Crippen LogP) is -9.53. The summed E-state index contributed by atoms with van der Waals surface area (Å²) in [6.45, 7) is 8.47. The topological polar surface area (TPSA) is 758 Å². The molecule has 4 aliphatic rings. The number of amides is 4. The fourth-order valence-electron chi connectivity index (χ4n) is 14.7. The number of hydrogen-bond donors (Lipinski definition) is 18. The molecule has 8 heterocycles. The Bertz CT molecular complexity index is 3820. The Morgan fingerprint density at radius 3 is 0.920 bits per heavy atom. The molecule has 138 heavy (non-hydrogen) atoms. The van der Waals surface area contributed by atoms with E-state index in [2.05, 4.69) is 72.5 Å². The molecule has 8 rings (SSSR count). The zero-order valence-electron chi connectivity index (χ0n) is 78.0. The van der Waals surface area contributed by atoms with E-state index in [0.29, 0.717) is 101 Å². The number of carboxylic acid groups (broad SMARTS) is 1. The molecule has 0 saturated carbocycles. The van der Waals surface area contributed by atoms with Gasteiger partial charge in [0.05, 0.1) is 241 Å². The van der Waals surface area contributed by atoms with Gasteiger partial charge in [0.15, 0.2) is 25.2 Å². The van der Waals surface area contributed by atoms with Crippen molar-refractivity contribution in [1.82, 2.24) is 86.1 Å². The lowest BCUT2D eigenvalue weighted by Crippen LogP contribution is -2.64. The number of aliphatic hydroxyl groups excluding tert-OH is 13. The summed E-state index contributed by atoms with van der Waals surface area (Å²) in [7, 11) is 0. The van der Waals surface area contributed by atoms with Crippen molar-refractivity contribution in [2.45, 2.75) is 234 Å². The Morgan fingerprint density at radius 1 is 0.384 bits per heavy atom. The highest BCUT2D eigenvalue weighted by Crippen LogP contribution is 2.28. The molecule has 4 aliphatic heterocycles. The average Bonchev–Trinajstić information content (AvgIpc) is 1.02. The SMILES string of the molecule is CC(=O)NC1C(OCCOCCOCCn2cc(CC(CCCCC(C(=O)O)N(Cc3cn(CCOCCOCCOC4OC(CO)C(O)C(O)C4NC(C)=O)nn3)Cc3cn(CCOCCOCCOC4OC(CO)C(O)C(O)C4NC(C)=O)nn3)Cc3cn(CCOCCOCCOC4OC(CO)C(O)C(O)C4NC(C)=O)nn3)nn2)OC(CO)C(O)C1O.[N-]=[N+]=NCCOCCOCCO. The van der Waals surface area contributed by atoms with Crippen LogP contribution in [0.5, 0.6) is 0 Å². The predicted molar refractivity (Wildman–Crippen MR) is 465 cm³/mol. The molecule has 4 aromatic rings. The first kappa shape index (κ1) is 117. The number of nitrogens with one attached hydrogen (secondary N) is 4. The van der Waals surface area contributed by atoms with Gasteiger partial charge in [-0.15, -0.1) is 20.4 Å². The normalized spacial score (nSPS) is 25.4. The van der Waals surface area contributed by atoms with Crippen LogP contribution in [0.4, 0.5) is 0 Å². The fourth-order valence-corrected chi connectivity index (χ4v) is 14.7. The van der Waals surface area contributed by atoms with Crippen molar-refractivity contribution in [3.8, 4) is 0 Å². The number of unbranched alkanes of at least 4 members (excludes halogenated alkanes) is 1. The molecule has 4 aromatic heterocycles. The second kappa shape index (κ2) is 66.7. The summed E-state index contributed by atoms with van der Waals surface area (Å²) in [6, 6.07) is -5.47. The van der Waals surface area contributed by atoms with Crippen molar-refractivity contribution < 1.29 is 181 Å². The number of azide groups is 1. The smallest absolute Gasteiger partial charge is 0.320 e. The number of carbonyl (C=O) groups excluding carboxylic acids is 4.